The predicted octanol–water partition coefficient (Wildman–Crippen LogP) is -3.34. The van der Waals surface area contributed by atoms with Crippen molar-refractivity contribution in [3.63, 3.8) is 0 Å². The molecule has 0 spiro atoms. The first-order valence-electron chi connectivity index (χ1n) is 1.96. The van der Waals surface area contributed by atoms with Crippen molar-refractivity contribution in [3.8, 4) is 0 Å². The van der Waals surface area contributed by atoms with Crippen LogP contribution in [0.5, 0.6) is 0 Å². The van der Waals surface area contributed by atoms with E-state index in [0.29, 0.717) is 0 Å². The van der Waals surface area contributed by atoms with Crippen molar-refractivity contribution in [1.29, 1.82) is 0 Å². The minimum atomic E-state index is -0.547. The van der Waals surface area contributed by atoms with Crippen LogP contribution in [0.3, 0.4) is 0 Å². The number of carbonyl (C=O) groups is 1. The summed E-state index contributed by atoms with van der Waals surface area (Å²) in [4.78, 5) is 10.2. The number of nitrogens with one attached hydrogen (secondary N) is 1. The molecular weight excluding hydrogens is 225 g/mol. The van der Waals surface area contributed by atoms with Crippen LogP contribution in [0.15, 0.2) is 0 Å². The molecule has 1 amide bonds. The van der Waals surface area contributed by atoms with E-state index in [-0.39, 0.29) is 10.3 Å². The second kappa shape index (κ2) is 2.49. The third kappa shape index (κ3) is 1.22. The average molecular weight is 230 g/mol. The van der Waals surface area contributed by atoms with E-state index in [1.54, 1.807) is 7.11 Å². The zero-order valence-corrected chi connectivity index (χ0v) is 6.34. The second-order valence-corrected chi connectivity index (χ2v) is 3.23. The average Bonchev–Trinajstić information content (AvgIpc) is 2.14. The number of hydrogen-bond acceptors (Lipinski definition) is 3. The Morgan fingerprint density at radius 2 is 2.75 bits per heavy atom. The molecule has 0 aromatic rings. The van der Waals surface area contributed by atoms with Crippen molar-refractivity contribution < 1.29 is 34.2 Å². The van der Waals surface area contributed by atoms with Gasteiger partial charge in [-0.25, -0.2) is 0 Å². The van der Waals surface area contributed by atoms with E-state index in [1.165, 1.54) is 0 Å². The summed E-state index contributed by atoms with van der Waals surface area (Å²) < 4.78 is 9.23. The fraction of sp³-hybridized carbons (Fsp3) is 0.667. The molecule has 8 heavy (non-hydrogen) atoms. The van der Waals surface area contributed by atoms with Crippen LogP contribution in [0.4, 0.5) is 4.79 Å². The Morgan fingerprint density at radius 1 is 2.00 bits per heavy atom. The maximum absolute atomic E-state index is 10.2. The van der Waals surface area contributed by atoms with Gasteiger partial charge in [0, 0.05) is 0 Å². The molecule has 1 fully saturated rings. The number of carbonyl (C=O) groups excluding carboxylic acids is 1. The summed E-state index contributed by atoms with van der Waals surface area (Å²) in [5, 5.41) is 2.47. The molecule has 5 heteroatoms. The van der Waals surface area contributed by atoms with E-state index in [4.69, 9.17) is 4.74 Å². The second-order valence-electron chi connectivity index (χ2n) is 1.15. The van der Waals surface area contributed by atoms with Crippen molar-refractivity contribution in [2.24, 2.45) is 0 Å². The molecule has 4 nitrogen and oxygen atoms in total. The Hall–Kier alpha value is -0.0400. The van der Waals surface area contributed by atoms with Crippen LogP contribution in [0.25, 0.3) is 0 Å². The number of halogens is 1. The normalized spacial score (nSPS) is 28.1. The van der Waals surface area contributed by atoms with E-state index in [9.17, 15) is 4.79 Å². The summed E-state index contributed by atoms with van der Waals surface area (Å²) in [7, 11) is 1.54. The number of alkyl halides is 1. The van der Waals surface area contributed by atoms with Crippen LogP contribution in [0.1, 0.15) is 0 Å². The molecular formula is C3H5INO3-. The molecule has 1 N–H and O–H groups in total. The van der Waals surface area contributed by atoms with Crippen molar-refractivity contribution in [2.45, 2.75) is 4.23 Å². The van der Waals surface area contributed by atoms with Gasteiger partial charge in [0.05, 0.1) is 0 Å². The molecule has 1 aliphatic heterocycles. The van der Waals surface area contributed by atoms with Crippen LogP contribution in [0.2, 0.25) is 0 Å². The van der Waals surface area contributed by atoms with Crippen molar-refractivity contribution in [2.75, 3.05) is 7.11 Å². The molecule has 0 radical (unpaired) electrons. The molecule has 1 unspecified atom stereocenters. The van der Waals surface area contributed by atoms with E-state index in [2.05, 4.69) is 8.38 Å². The summed E-state index contributed by atoms with van der Waals surface area (Å²) in [6, 6.07) is 0. The number of methoxy groups -OCH3 is 1. The van der Waals surface area contributed by atoms with Crippen LogP contribution in [0, 0.1) is 0 Å². The fourth-order valence-electron chi connectivity index (χ4n) is 0.313. The molecule has 0 saturated carbocycles. The first-order chi connectivity index (χ1) is 3.83. The van der Waals surface area contributed by atoms with Gasteiger partial charge in [-0.05, 0) is 0 Å². The van der Waals surface area contributed by atoms with Gasteiger partial charge >= 0.3 is 57.0 Å². The van der Waals surface area contributed by atoms with Crippen molar-refractivity contribution >= 4 is 6.09 Å². The van der Waals surface area contributed by atoms with Gasteiger partial charge < -0.3 is 0 Å². The summed E-state index contributed by atoms with van der Waals surface area (Å²) >= 11 is -0.547. The van der Waals surface area contributed by atoms with Gasteiger partial charge in [0.15, 0.2) is 0 Å². The van der Waals surface area contributed by atoms with E-state index in [1.807, 2.05) is 0 Å². The molecule has 1 heterocycles. The van der Waals surface area contributed by atoms with Gasteiger partial charge in [-0.3, -0.25) is 0 Å². The molecule has 1 atom stereocenters. The Labute approximate surface area is 57.3 Å². The maximum atomic E-state index is 10.2. The molecule has 48 valence electrons. The van der Waals surface area contributed by atoms with Crippen LogP contribution in [-0.2, 0) is 7.80 Å². The molecule has 1 aliphatic rings. The molecule has 0 aromatic heterocycles. The molecule has 0 aromatic carbocycles. The van der Waals surface area contributed by atoms with Gasteiger partial charge in [-0.1, -0.05) is 0 Å². The Bertz CT molecular complexity index is 107. The first kappa shape index (κ1) is 6.09. The monoisotopic (exact) mass is 230 g/mol. The number of amides is 1. The van der Waals surface area contributed by atoms with E-state index >= 15 is 0 Å². The third-order valence-electron chi connectivity index (χ3n) is 0.634. The summed E-state index contributed by atoms with van der Waals surface area (Å²) in [6.45, 7) is 0. The number of ether oxygens (including phenoxy) is 1. The zero-order valence-electron chi connectivity index (χ0n) is 4.18. The summed E-state index contributed by atoms with van der Waals surface area (Å²) in [6.07, 6.45) is -0.357. The van der Waals surface area contributed by atoms with Gasteiger partial charge in [-0.2, -0.15) is 0 Å². The van der Waals surface area contributed by atoms with Gasteiger partial charge in [0.2, 0.25) is 0 Å². The van der Waals surface area contributed by atoms with Crippen LogP contribution >= 0.6 is 0 Å². The number of hydrogen-bond donors (Lipinski definition) is 1. The van der Waals surface area contributed by atoms with Crippen LogP contribution < -0.4 is 26.9 Å². The molecule has 0 aliphatic carbocycles. The van der Waals surface area contributed by atoms with Crippen LogP contribution in [-0.4, -0.2) is 17.4 Å². The van der Waals surface area contributed by atoms with Crippen molar-refractivity contribution in [3.05, 3.63) is 0 Å². The van der Waals surface area contributed by atoms with Gasteiger partial charge in [-0.15, -0.1) is 0 Å². The number of rotatable bonds is 1. The standard InChI is InChI=1S/C3H5INO3/c1-7-2-4-8-3(6)5-2/h2H,1H3,(H,5,6)/q-1. The first-order valence-corrected chi connectivity index (χ1v) is 4.09. The third-order valence-corrected chi connectivity index (χ3v) is 2.57. The van der Waals surface area contributed by atoms with E-state index < -0.39 is 21.6 Å². The van der Waals surface area contributed by atoms with Gasteiger partial charge in [0.1, 0.15) is 0 Å². The predicted molar refractivity (Wildman–Crippen MR) is 20.4 cm³/mol. The fourth-order valence-corrected chi connectivity index (χ4v) is 1.49. The summed E-state index contributed by atoms with van der Waals surface area (Å²) in [5.74, 6) is 0. The minimum absolute atomic E-state index is 0.138. The van der Waals surface area contributed by atoms with Crippen molar-refractivity contribution in [1.82, 2.24) is 5.32 Å². The SMILES string of the molecule is COC1NC(=O)O[I-]1. The molecule has 0 bridgehead atoms. The zero-order chi connectivity index (χ0) is 5.98. The van der Waals surface area contributed by atoms with E-state index in [0.717, 1.165) is 0 Å². The topological polar surface area (TPSA) is 47.6 Å². The molecule has 1 saturated heterocycles. The quantitative estimate of drug-likeness (QED) is 0.291. The summed E-state index contributed by atoms with van der Waals surface area (Å²) in [5.41, 5.74) is 0. The Morgan fingerprint density at radius 3 is 3.00 bits per heavy atom. The Balaban J connectivity index is 2.32. The Kier molecular flexibility index (Phi) is 1.90. The van der Waals surface area contributed by atoms with Gasteiger partial charge in [0.25, 0.3) is 0 Å². The molecule has 1 rings (SSSR count).